The molecule has 1 aliphatic rings. The van der Waals surface area contributed by atoms with Gasteiger partial charge in [-0.05, 0) is 26.3 Å². The van der Waals surface area contributed by atoms with E-state index in [1.807, 2.05) is 6.92 Å². The average molecular weight is 167 g/mol. The summed E-state index contributed by atoms with van der Waals surface area (Å²) in [6, 6.07) is 2.57. The van der Waals surface area contributed by atoms with Gasteiger partial charge >= 0.3 is 0 Å². The fourth-order valence-electron chi connectivity index (χ4n) is 1.69. The maximum atomic E-state index is 8.62. The van der Waals surface area contributed by atoms with Gasteiger partial charge in [-0.1, -0.05) is 0 Å². The van der Waals surface area contributed by atoms with E-state index in [1.54, 1.807) is 0 Å². The third-order valence-electron chi connectivity index (χ3n) is 2.29. The summed E-state index contributed by atoms with van der Waals surface area (Å²) in [5, 5.41) is 8.62. The highest BCUT2D eigenvalue weighted by molar-refractivity contribution is 4.84. The molecular weight excluding hydrogens is 150 g/mol. The maximum absolute atomic E-state index is 8.62. The number of nitrogens with two attached hydrogens (primary N) is 1. The van der Waals surface area contributed by atoms with Crippen LogP contribution in [0.25, 0.3) is 0 Å². The topological polar surface area (TPSA) is 53.0 Å². The van der Waals surface area contributed by atoms with Gasteiger partial charge in [0.05, 0.1) is 12.0 Å². The molecule has 12 heavy (non-hydrogen) atoms. The highest BCUT2D eigenvalue weighted by Crippen LogP contribution is 2.09. The monoisotopic (exact) mass is 167 g/mol. The first kappa shape index (κ1) is 9.50. The lowest BCUT2D eigenvalue weighted by molar-refractivity contribution is 0.197. The lowest BCUT2D eigenvalue weighted by atomic mass is 10.1. The van der Waals surface area contributed by atoms with Crippen LogP contribution in [-0.4, -0.2) is 30.6 Å². The summed E-state index contributed by atoms with van der Waals surface area (Å²) in [6.45, 7) is 4.91. The Morgan fingerprint density at radius 2 is 2.50 bits per heavy atom. The van der Waals surface area contributed by atoms with Crippen molar-refractivity contribution in [3.8, 4) is 6.07 Å². The minimum Gasteiger partial charge on any atom is -0.327 e. The number of piperidine rings is 1. The molecule has 0 radical (unpaired) electrons. The number of nitrogens with zero attached hydrogens (tertiary/aromatic N) is 2. The van der Waals surface area contributed by atoms with E-state index in [1.165, 1.54) is 6.42 Å². The summed E-state index contributed by atoms with van der Waals surface area (Å²) in [7, 11) is 0. The lowest BCUT2D eigenvalue weighted by Crippen LogP contribution is -2.44. The van der Waals surface area contributed by atoms with E-state index in [-0.39, 0.29) is 5.92 Å². The highest BCUT2D eigenvalue weighted by atomic mass is 15.1. The first-order valence-corrected chi connectivity index (χ1v) is 4.60. The Bertz CT molecular complexity index is 173. The van der Waals surface area contributed by atoms with Crippen molar-refractivity contribution < 1.29 is 0 Å². The minimum atomic E-state index is 0.135. The molecule has 1 unspecified atom stereocenters. The number of nitriles is 1. The third kappa shape index (κ3) is 2.80. The first-order valence-electron chi connectivity index (χ1n) is 4.60. The smallest absolute Gasteiger partial charge is 0.0666 e. The molecule has 68 valence electrons. The molecule has 0 saturated carbocycles. The molecule has 0 aromatic heterocycles. The molecule has 0 aromatic rings. The van der Waals surface area contributed by atoms with Crippen LogP contribution in [0.4, 0.5) is 0 Å². The standard InChI is InChI=1S/C9H17N3/c1-8(5-10)6-12-4-2-3-9(11)7-12/h8-9H,2-4,6-7,11H2,1H3/t8?,9-/m1/s1. The van der Waals surface area contributed by atoms with Gasteiger partial charge in [-0.25, -0.2) is 0 Å². The van der Waals surface area contributed by atoms with Crippen LogP contribution in [0.5, 0.6) is 0 Å². The Balaban J connectivity index is 2.28. The van der Waals surface area contributed by atoms with Crippen LogP contribution in [0, 0.1) is 17.2 Å². The minimum absolute atomic E-state index is 0.135. The molecule has 0 aromatic carbocycles. The van der Waals surface area contributed by atoms with Crippen molar-refractivity contribution in [3.63, 3.8) is 0 Å². The molecule has 0 bridgehead atoms. The Morgan fingerprint density at radius 3 is 3.08 bits per heavy atom. The van der Waals surface area contributed by atoms with E-state index in [9.17, 15) is 0 Å². The Labute approximate surface area is 74.1 Å². The van der Waals surface area contributed by atoms with Gasteiger partial charge in [0.15, 0.2) is 0 Å². The van der Waals surface area contributed by atoms with Gasteiger partial charge in [-0.15, -0.1) is 0 Å². The van der Waals surface area contributed by atoms with Crippen molar-refractivity contribution in [2.75, 3.05) is 19.6 Å². The molecular formula is C9H17N3. The summed E-state index contributed by atoms with van der Waals surface area (Å²) < 4.78 is 0. The molecule has 3 nitrogen and oxygen atoms in total. The zero-order valence-corrected chi connectivity index (χ0v) is 7.66. The van der Waals surface area contributed by atoms with E-state index in [0.717, 1.165) is 26.1 Å². The number of likely N-dealkylation sites (tertiary alicyclic amines) is 1. The Kier molecular flexibility index (Phi) is 3.51. The maximum Gasteiger partial charge on any atom is 0.0666 e. The third-order valence-corrected chi connectivity index (χ3v) is 2.29. The predicted molar refractivity (Wildman–Crippen MR) is 48.4 cm³/mol. The zero-order chi connectivity index (χ0) is 8.97. The van der Waals surface area contributed by atoms with Gasteiger partial charge < -0.3 is 10.6 Å². The van der Waals surface area contributed by atoms with Crippen molar-refractivity contribution in [3.05, 3.63) is 0 Å². The van der Waals surface area contributed by atoms with Crippen molar-refractivity contribution >= 4 is 0 Å². The van der Waals surface area contributed by atoms with Crippen LogP contribution >= 0.6 is 0 Å². The van der Waals surface area contributed by atoms with E-state index < -0.39 is 0 Å². The number of rotatable bonds is 2. The first-order chi connectivity index (χ1) is 5.72. The summed E-state index contributed by atoms with van der Waals surface area (Å²) in [6.07, 6.45) is 2.32. The van der Waals surface area contributed by atoms with Crippen LogP contribution in [0.1, 0.15) is 19.8 Å². The van der Waals surface area contributed by atoms with Gasteiger partial charge in [0.2, 0.25) is 0 Å². The molecule has 1 saturated heterocycles. The summed E-state index contributed by atoms with van der Waals surface area (Å²) in [5.41, 5.74) is 5.82. The molecule has 2 N–H and O–H groups in total. The molecule has 1 fully saturated rings. The van der Waals surface area contributed by atoms with E-state index in [4.69, 9.17) is 11.0 Å². The van der Waals surface area contributed by atoms with Crippen LogP contribution in [0.3, 0.4) is 0 Å². The van der Waals surface area contributed by atoms with Crippen LogP contribution in [0.2, 0.25) is 0 Å². The van der Waals surface area contributed by atoms with E-state index in [0.29, 0.717) is 6.04 Å². The second kappa shape index (κ2) is 4.44. The summed E-state index contributed by atoms with van der Waals surface area (Å²) in [4.78, 5) is 2.29. The second-order valence-corrected chi connectivity index (χ2v) is 3.69. The normalized spacial score (nSPS) is 27.9. The van der Waals surface area contributed by atoms with Crippen molar-refractivity contribution in [1.29, 1.82) is 5.26 Å². The Morgan fingerprint density at radius 1 is 1.75 bits per heavy atom. The molecule has 1 rings (SSSR count). The predicted octanol–water partition coefficient (Wildman–Crippen LogP) is 0.569. The molecule has 3 heteroatoms. The van der Waals surface area contributed by atoms with Gasteiger partial charge in [0.1, 0.15) is 0 Å². The summed E-state index contributed by atoms with van der Waals surface area (Å²) >= 11 is 0. The largest absolute Gasteiger partial charge is 0.327 e. The van der Waals surface area contributed by atoms with Crippen molar-refractivity contribution in [2.45, 2.75) is 25.8 Å². The van der Waals surface area contributed by atoms with Gasteiger partial charge in [0.25, 0.3) is 0 Å². The fraction of sp³-hybridized carbons (Fsp3) is 0.889. The molecule has 0 amide bonds. The van der Waals surface area contributed by atoms with Crippen molar-refractivity contribution in [2.24, 2.45) is 11.7 Å². The molecule has 2 atom stereocenters. The van der Waals surface area contributed by atoms with Crippen LogP contribution < -0.4 is 5.73 Å². The second-order valence-electron chi connectivity index (χ2n) is 3.69. The summed E-state index contributed by atoms with van der Waals surface area (Å²) in [5.74, 6) is 0.135. The van der Waals surface area contributed by atoms with E-state index in [2.05, 4.69) is 11.0 Å². The Hall–Kier alpha value is -0.590. The molecule has 1 heterocycles. The molecule has 0 aliphatic carbocycles. The SMILES string of the molecule is CC(C#N)CN1CCC[C@@H](N)C1. The molecule has 1 aliphatic heterocycles. The number of hydrogen-bond acceptors (Lipinski definition) is 3. The zero-order valence-electron chi connectivity index (χ0n) is 7.66. The average Bonchev–Trinajstić information content (AvgIpc) is 2.04. The number of hydrogen-bond donors (Lipinski definition) is 1. The van der Waals surface area contributed by atoms with Crippen LogP contribution in [-0.2, 0) is 0 Å². The lowest BCUT2D eigenvalue weighted by Gasteiger charge is -2.31. The van der Waals surface area contributed by atoms with Gasteiger partial charge in [-0.2, -0.15) is 5.26 Å². The van der Waals surface area contributed by atoms with E-state index >= 15 is 0 Å². The van der Waals surface area contributed by atoms with Gasteiger partial charge in [0, 0.05) is 19.1 Å². The highest BCUT2D eigenvalue weighted by Gasteiger charge is 2.17. The fourth-order valence-corrected chi connectivity index (χ4v) is 1.69. The molecule has 0 spiro atoms. The quantitative estimate of drug-likeness (QED) is 0.654. The van der Waals surface area contributed by atoms with Crippen LogP contribution in [0.15, 0.2) is 0 Å². The van der Waals surface area contributed by atoms with Gasteiger partial charge in [-0.3, -0.25) is 0 Å². The van der Waals surface area contributed by atoms with Crippen molar-refractivity contribution in [1.82, 2.24) is 4.90 Å².